The van der Waals surface area contributed by atoms with Crippen molar-refractivity contribution in [3.63, 3.8) is 0 Å². The molecule has 0 aliphatic carbocycles. The average molecular weight is 1030 g/mol. The van der Waals surface area contributed by atoms with Gasteiger partial charge >= 0.3 is 0 Å². The van der Waals surface area contributed by atoms with Gasteiger partial charge in [-0.2, -0.15) is 6.07 Å². The monoisotopic (exact) mass is 1030 g/mol. The summed E-state index contributed by atoms with van der Waals surface area (Å²) in [6.07, 6.45) is 1.82. The van der Waals surface area contributed by atoms with Crippen LogP contribution in [0.2, 0.25) is 0 Å². The van der Waals surface area contributed by atoms with Gasteiger partial charge in [0.1, 0.15) is 11.6 Å². The van der Waals surface area contributed by atoms with E-state index in [1.54, 1.807) is 12.1 Å². The van der Waals surface area contributed by atoms with E-state index in [9.17, 15) is 4.39 Å². The maximum absolute atomic E-state index is 14.1. The summed E-state index contributed by atoms with van der Waals surface area (Å²) < 4.78 is 23.1. The molecule has 2 aromatic heterocycles. The Morgan fingerprint density at radius 2 is 1.29 bits per heavy atom. The third-order valence-corrected chi connectivity index (χ3v) is 12.4. The number of anilines is 4. The van der Waals surface area contributed by atoms with Crippen LogP contribution in [0.15, 0.2) is 152 Å². The van der Waals surface area contributed by atoms with E-state index in [1.807, 2.05) is 42.6 Å². The van der Waals surface area contributed by atoms with E-state index in [4.69, 9.17) is 9.72 Å². The molecule has 0 saturated carbocycles. The first-order valence-electron chi connectivity index (χ1n) is 22.2. The first-order chi connectivity index (χ1) is 31.0. The van der Waals surface area contributed by atoms with Crippen molar-refractivity contribution in [1.82, 2.24) is 9.55 Å². The molecule has 0 radical (unpaired) electrons. The maximum atomic E-state index is 14.1. The SMILES string of the molecule is Cc1ccc2c(c1)N(c1c(C(C)C)cc(-c3ccc(F)cc3)cc1C(C)C)[CH-]N2c1[c-]c(Oc2[c-]c3c(cc2)c2ccccc2n3-c2ccccn2)cc(-c2ccccc2C(C)C)c1.[Pt]. The van der Waals surface area contributed by atoms with Crippen LogP contribution in [-0.4, -0.2) is 9.55 Å². The van der Waals surface area contributed by atoms with Crippen molar-refractivity contribution in [3.05, 3.63) is 199 Å². The molecule has 1 aliphatic rings. The first-order valence-corrected chi connectivity index (χ1v) is 22.2. The van der Waals surface area contributed by atoms with Gasteiger partial charge < -0.3 is 19.1 Å². The predicted octanol–water partition coefficient (Wildman–Crippen LogP) is 16.1. The number of hydrogen-bond acceptors (Lipinski definition) is 4. The standard InChI is InChI=1S/C58H50FN4O.Pt/c1-36(2)47-14-8-9-15-48(47)42-29-44(33-46(30-42)64-45-24-25-50-49-16-10-11-17-53(49)63(55(50)34-45)57-18-12-13-27-60-57)61-35-62(56-28-39(7)19-26-54(56)61)58-51(37(3)4)31-41(32-52(58)38(5)6)40-20-22-43(59)23-21-40;/h8-32,35-38H,1-7H3;/q-3;. The minimum Gasteiger partial charge on any atom is -0.509 e. The van der Waals surface area contributed by atoms with Crippen LogP contribution >= 0.6 is 0 Å². The number of hydrogen-bond donors (Lipinski definition) is 0. The van der Waals surface area contributed by atoms with Crippen LogP contribution in [0.1, 0.15) is 81.5 Å². The summed E-state index contributed by atoms with van der Waals surface area (Å²) >= 11 is 0. The molecule has 3 heterocycles. The van der Waals surface area contributed by atoms with Gasteiger partial charge in [-0.25, -0.2) is 9.37 Å². The van der Waals surface area contributed by atoms with Crippen molar-refractivity contribution in [1.29, 1.82) is 0 Å². The van der Waals surface area contributed by atoms with Gasteiger partial charge in [-0.05, 0) is 124 Å². The van der Waals surface area contributed by atoms with Crippen LogP contribution in [0.25, 0.3) is 49.9 Å². The van der Waals surface area contributed by atoms with E-state index in [2.05, 4.69) is 179 Å². The van der Waals surface area contributed by atoms with Crippen molar-refractivity contribution in [3.8, 4) is 39.6 Å². The Balaban J connectivity index is 0.00000533. The van der Waals surface area contributed by atoms with Gasteiger partial charge in [-0.1, -0.05) is 114 Å². The Labute approximate surface area is 396 Å². The minimum atomic E-state index is -0.238. The number of aromatic nitrogens is 2. The summed E-state index contributed by atoms with van der Waals surface area (Å²) in [5, 5.41) is 2.20. The number of rotatable bonds is 10. The molecule has 1 aliphatic heterocycles. The number of nitrogens with zero attached hydrogens (tertiary/aromatic N) is 4. The summed E-state index contributed by atoms with van der Waals surface area (Å²) in [4.78, 5) is 9.34. The molecule has 0 N–H and O–H groups in total. The van der Waals surface area contributed by atoms with Gasteiger partial charge in [-0.3, -0.25) is 0 Å². The Morgan fingerprint density at radius 3 is 2.02 bits per heavy atom. The molecule has 7 aromatic carbocycles. The molecule has 0 spiro atoms. The summed E-state index contributed by atoms with van der Waals surface area (Å²) in [7, 11) is 0. The van der Waals surface area contributed by atoms with E-state index in [-0.39, 0.29) is 38.7 Å². The maximum Gasteiger partial charge on any atom is 0.135 e. The number of halogens is 1. The zero-order chi connectivity index (χ0) is 44.2. The second-order valence-corrected chi connectivity index (χ2v) is 17.8. The normalized spacial score (nSPS) is 12.5. The van der Waals surface area contributed by atoms with Crippen molar-refractivity contribution in [2.75, 3.05) is 9.80 Å². The molecule has 328 valence electrons. The minimum absolute atomic E-state index is 0. The molecular weight excluding hydrogens is 983 g/mol. The Hall–Kier alpha value is -6.49. The van der Waals surface area contributed by atoms with E-state index >= 15 is 0 Å². The molecule has 0 fully saturated rings. The van der Waals surface area contributed by atoms with Gasteiger partial charge in [0.15, 0.2) is 0 Å². The van der Waals surface area contributed by atoms with Crippen LogP contribution in [0.3, 0.4) is 0 Å². The number of fused-ring (bicyclic) bond motifs is 4. The molecule has 10 rings (SSSR count). The molecule has 0 amide bonds. The Bertz CT molecular complexity index is 3160. The summed E-state index contributed by atoms with van der Waals surface area (Å²) in [5.74, 6) is 2.45. The van der Waals surface area contributed by atoms with E-state index < -0.39 is 0 Å². The van der Waals surface area contributed by atoms with Crippen molar-refractivity contribution in [2.24, 2.45) is 0 Å². The number of benzene rings is 7. The first kappa shape index (κ1) is 43.7. The van der Waals surface area contributed by atoms with Crippen LogP contribution < -0.4 is 14.5 Å². The molecule has 7 heteroatoms. The number of pyridine rings is 1. The molecule has 9 aromatic rings. The largest absolute Gasteiger partial charge is 0.509 e. The quantitative estimate of drug-likeness (QED) is 0.128. The van der Waals surface area contributed by atoms with E-state index in [0.29, 0.717) is 17.4 Å². The van der Waals surface area contributed by atoms with Gasteiger partial charge in [0.05, 0.1) is 0 Å². The number of ether oxygens (including phenoxy) is 1. The summed E-state index contributed by atoms with van der Waals surface area (Å²) in [6, 6.07) is 56.9. The third kappa shape index (κ3) is 8.14. The predicted molar refractivity (Wildman–Crippen MR) is 262 cm³/mol. The topological polar surface area (TPSA) is 33.5 Å². The fourth-order valence-electron chi connectivity index (χ4n) is 9.20. The van der Waals surface area contributed by atoms with Crippen molar-refractivity contribution in [2.45, 2.75) is 66.2 Å². The molecule has 65 heavy (non-hydrogen) atoms. The van der Waals surface area contributed by atoms with E-state index in [0.717, 1.165) is 72.6 Å². The van der Waals surface area contributed by atoms with Crippen LogP contribution in [0.5, 0.6) is 11.5 Å². The molecule has 0 atom stereocenters. The smallest absolute Gasteiger partial charge is 0.135 e. The molecule has 0 saturated heterocycles. The molecule has 5 nitrogen and oxygen atoms in total. The zero-order valence-corrected chi connectivity index (χ0v) is 39.9. The van der Waals surface area contributed by atoms with Gasteiger partial charge in [0.2, 0.25) is 0 Å². The fourth-order valence-corrected chi connectivity index (χ4v) is 9.20. The molecule has 0 bridgehead atoms. The Morgan fingerprint density at radius 1 is 0.585 bits per heavy atom. The van der Waals surface area contributed by atoms with Gasteiger partial charge in [-0.15, -0.1) is 53.6 Å². The van der Waals surface area contributed by atoms with Crippen LogP contribution in [0, 0.1) is 31.5 Å². The van der Waals surface area contributed by atoms with E-state index in [1.165, 1.54) is 22.3 Å². The molecular formula is C58H50FN4OPt-3. The van der Waals surface area contributed by atoms with Crippen molar-refractivity contribution >= 4 is 44.6 Å². The second-order valence-electron chi connectivity index (χ2n) is 17.8. The third-order valence-electron chi connectivity index (χ3n) is 12.4. The Kier molecular flexibility index (Phi) is 12.0. The second kappa shape index (κ2) is 17.8. The molecule has 0 unspecified atom stereocenters. The fraction of sp³-hybridized carbons (Fsp3) is 0.172. The number of para-hydroxylation sites is 1. The summed E-state index contributed by atoms with van der Waals surface area (Å²) in [5.41, 5.74) is 15.2. The van der Waals surface area contributed by atoms with Crippen molar-refractivity contribution < 1.29 is 30.2 Å². The average Bonchev–Trinajstić information content (AvgIpc) is 3.84. The number of aryl methyl sites for hydroxylation is 1. The van der Waals surface area contributed by atoms with Crippen LogP contribution in [0.4, 0.5) is 27.1 Å². The summed E-state index contributed by atoms with van der Waals surface area (Å²) in [6.45, 7) is 17.8. The van der Waals surface area contributed by atoms with Gasteiger partial charge in [0.25, 0.3) is 0 Å². The zero-order valence-electron chi connectivity index (χ0n) is 37.6. The van der Waals surface area contributed by atoms with Gasteiger partial charge in [0, 0.05) is 61.3 Å². The van der Waals surface area contributed by atoms with Crippen LogP contribution in [-0.2, 0) is 21.1 Å².